The minimum absolute atomic E-state index is 0.109. The summed E-state index contributed by atoms with van der Waals surface area (Å²) < 4.78 is 7.23. The molecule has 8 atom stereocenters. The lowest BCUT2D eigenvalue weighted by Crippen LogP contribution is -2.49. The van der Waals surface area contributed by atoms with E-state index in [2.05, 4.69) is 49.2 Å². The van der Waals surface area contributed by atoms with Gasteiger partial charge in [0.1, 0.15) is 11.6 Å². The summed E-state index contributed by atoms with van der Waals surface area (Å²) in [5, 5.41) is 3.04. The van der Waals surface area contributed by atoms with Crippen molar-refractivity contribution in [2.75, 3.05) is 19.6 Å². The van der Waals surface area contributed by atoms with Gasteiger partial charge in [0, 0.05) is 51.2 Å². The van der Waals surface area contributed by atoms with Crippen molar-refractivity contribution in [1.82, 2.24) is 10.2 Å². The smallest absolute Gasteiger partial charge is 0.220 e. The third-order valence-electron chi connectivity index (χ3n) is 14.3. The number of ether oxygens (including phenoxy) is 1. The molecule has 4 aliphatic carbocycles. The number of rotatable bonds is 13. The Morgan fingerprint density at radius 1 is 1.04 bits per heavy atom. The molecule has 50 heavy (non-hydrogen) atoms. The number of fused-ring (bicyclic) bond motifs is 6. The Bertz CT molecular complexity index is 1480. The van der Waals surface area contributed by atoms with Gasteiger partial charge in [-0.05, 0) is 124 Å². The second-order valence-electron chi connectivity index (χ2n) is 17.4. The summed E-state index contributed by atoms with van der Waals surface area (Å²) in [4.78, 5) is 40.0. The number of ketones is 2. The van der Waals surface area contributed by atoms with E-state index < -0.39 is 0 Å². The van der Waals surface area contributed by atoms with Gasteiger partial charge in [0.15, 0.2) is 0 Å². The van der Waals surface area contributed by atoms with Crippen LogP contribution in [0.1, 0.15) is 129 Å². The zero-order valence-electron chi connectivity index (χ0n) is 31.2. The standard InChI is InChI=1S/C44H62N2O4/c1-30-25-41-40(46(29-30)24-10-14-34(47)13-8-5-9-23-45-42(49)18-15-32-11-6-4-7-12-32)28-44(50-41)22-20-36-37-17-16-33-26-35(48)19-21-43(33,3)39(37)27-38(36)31(44)2/h4,6-7,11-12,16,30,36-37,39-41H,5,8-10,13-15,17-29H2,1-3H3,(H,45,49)/t30-,36-,37-,39-,40?,41+,43-,44+/m0/s1. The Labute approximate surface area is 301 Å². The first-order chi connectivity index (χ1) is 24.1. The van der Waals surface area contributed by atoms with Gasteiger partial charge >= 0.3 is 0 Å². The van der Waals surface area contributed by atoms with Gasteiger partial charge in [-0.1, -0.05) is 67.8 Å². The number of unbranched alkanes of at least 4 members (excludes halogenated alkanes) is 2. The maximum atomic E-state index is 12.8. The van der Waals surface area contributed by atoms with E-state index in [1.54, 1.807) is 11.1 Å². The number of hydrogen-bond acceptors (Lipinski definition) is 5. The summed E-state index contributed by atoms with van der Waals surface area (Å²) in [5.41, 5.74) is 6.00. The lowest BCUT2D eigenvalue weighted by molar-refractivity contribution is -0.121. The van der Waals surface area contributed by atoms with Crippen molar-refractivity contribution >= 4 is 17.5 Å². The Balaban J connectivity index is 0.859. The van der Waals surface area contributed by atoms with E-state index in [0.29, 0.717) is 73.7 Å². The molecule has 4 fully saturated rings. The zero-order valence-corrected chi connectivity index (χ0v) is 31.2. The molecule has 6 aliphatic rings. The number of nitrogens with one attached hydrogen (secondary N) is 1. The molecular formula is C44H62N2O4. The van der Waals surface area contributed by atoms with Crippen LogP contribution in [0.5, 0.6) is 0 Å². The summed E-state index contributed by atoms with van der Waals surface area (Å²) >= 11 is 0. The third-order valence-corrected chi connectivity index (χ3v) is 14.3. The normalized spacial score (nSPS) is 34.9. The molecule has 0 bridgehead atoms. The number of carbonyl (C=O) groups excluding carboxylic acids is 3. The molecular weight excluding hydrogens is 620 g/mol. The number of piperidine rings is 1. The highest BCUT2D eigenvalue weighted by molar-refractivity contribution is 5.82. The van der Waals surface area contributed by atoms with Gasteiger partial charge < -0.3 is 10.1 Å². The molecule has 1 N–H and O–H groups in total. The average molecular weight is 683 g/mol. The topological polar surface area (TPSA) is 75.7 Å². The van der Waals surface area contributed by atoms with Crippen LogP contribution in [0, 0.1) is 29.1 Å². The quantitative estimate of drug-likeness (QED) is 0.167. The van der Waals surface area contributed by atoms with Crippen LogP contribution in [0.4, 0.5) is 0 Å². The largest absolute Gasteiger partial charge is 0.366 e. The van der Waals surface area contributed by atoms with Crippen LogP contribution < -0.4 is 5.32 Å². The molecule has 1 amide bonds. The molecule has 1 unspecified atom stereocenters. The molecule has 6 heteroatoms. The second-order valence-corrected chi connectivity index (χ2v) is 17.4. The summed E-state index contributed by atoms with van der Waals surface area (Å²) in [6.07, 6.45) is 18.6. The zero-order chi connectivity index (χ0) is 34.9. The van der Waals surface area contributed by atoms with Gasteiger partial charge in [-0.3, -0.25) is 19.3 Å². The predicted octanol–water partition coefficient (Wildman–Crippen LogP) is 8.34. The number of amides is 1. The second kappa shape index (κ2) is 15.2. The number of allylic oxidation sites excluding steroid dienone is 3. The molecule has 1 aromatic carbocycles. The summed E-state index contributed by atoms with van der Waals surface area (Å²) in [6.45, 7) is 10.1. The molecule has 2 saturated heterocycles. The third kappa shape index (κ3) is 7.35. The van der Waals surface area contributed by atoms with Crippen molar-refractivity contribution in [3.05, 3.63) is 58.7 Å². The van der Waals surface area contributed by atoms with Gasteiger partial charge in [-0.15, -0.1) is 0 Å². The molecule has 7 rings (SSSR count). The van der Waals surface area contributed by atoms with Crippen LogP contribution in [0.2, 0.25) is 0 Å². The van der Waals surface area contributed by atoms with Crippen LogP contribution in [-0.2, 0) is 25.5 Å². The van der Waals surface area contributed by atoms with Crippen LogP contribution in [0.15, 0.2) is 53.1 Å². The number of carbonyl (C=O) groups is 3. The van der Waals surface area contributed by atoms with E-state index in [1.165, 1.54) is 24.0 Å². The Morgan fingerprint density at radius 2 is 1.86 bits per heavy atom. The van der Waals surface area contributed by atoms with Crippen LogP contribution in [0.25, 0.3) is 0 Å². The van der Waals surface area contributed by atoms with Gasteiger partial charge in [-0.25, -0.2) is 0 Å². The van der Waals surface area contributed by atoms with Crippen LogP contribution in [0.3, 0.4) is 0 Å². The first kappa shape index (κ1) is 35.8. The molecule has 2 aliphatic heterocycles. The number of Topliss-reactive ketones (excluding diaryl/α,β-unsaturated/α-hetero) is 2. The molecule has 1 spiro atoms. The van der Waals surface area contributed by atoms with E-state index in [0.717, 1.165) is 89.6 Å². The van der Waals surface area contributed by atoms with E-state index in [4.69, 9.17) is 4.74 Å². The minimum atomic E-state index is -0.117. The summed E-state index contributed by atoms with van der Waals surface area (Å²) in [5.74, 6) is 3.63. The summed E-state index contributed by atoms with van der Waals surface area (Å²) in [6, 6.07) is 10.6. The van der Waals surface area contributed by atoms with Crippen LogP contribution >= 0.6 is 0 Å². The van der Waals surface area contributed by atoms with E-state index in [1.807, 2.05) is 18.2 Å². The van der Waals surface area contributed by atoms with Crippen molar-refractivity contribution < 1.29 is 19.1 Å². The fourth-order valence-electron chi connectivity index (χ4n) is 11.4. The first-order valence-electron chi connectivity index (χ1n) is 20.3. The average Bonchev–Trinajstić information content (AvgIpc) is 3.68. The van der Waals surface area contributed by atoms with Gasteiger partial charge in [-0.2, -0.15) is 0 Å². The Morgan fingerprint density at radius 3 is 2.70 bits per heavy atom. The Kier molecular flexibility index (Phi) is 10.9. The number of likely N-dealkylation sites (tertiary alicyclic amines) is 1. The highest BCUT2D eigenvalue weighted by Crippen LogP contribution is 2.64. The number of hydrogen-bond donors (Lipinski definition) is 1. The molecule has 2 heterocycles. The monoisotopic (exact) mass is 682 g/mol. The van der Waals surface area contributed by atoms with Crippen molar-refractivity contribution in [2.24, 2.45) is 29.1 Å². The summed E-state index contributed by atoms with van der Waals surface area (Å²) in [7, 11) is 0. The molecule has 272 valence electrons. The van der Waals surface area contributed by atoms with E-state index >= 15 is 0 Å². The molecule has 1 aromatic rings. The fraction of sp³-hybridized carbons (Fsp3) is 0.705. The van der Waals surface area contributed by atoms with Gasteiger partial charge in [0.25, 0.3) is 0 Å². The molecule has 0 radical (unpaired) electrons. The lowest BCUT2D eigenvalue weighted by Gasteiger charge is -2.47. The number of nitrogens with zero attached hydrogens (tertiary/aromatic N) is 1. The molecule has 6 nitrogen and oxygen atoms in total. The lowest BCUT2D eigenvalue weighted by atomic mass is 9.57. The Hall–Kier alpha value is -2.57. The molecule has 0 aromatic heterocycles. The van der Waals surface area contributed by atoms with Gasteiger partial charge in [0.05, 0.1) is 11.7 Å². The van der Waals surface area contributed by atoms with E-state index in [-0.39, 0.29) is 16.9 Å². The maximum absolute atomic E-state index is 12.8. The van der Waals surface area contributed by atoms with Crippen LogP contribution in [-0.4, -0.2) is 59.8 Å². The molecule has 2 saturated carbocycles. The highest BCUT2D eigenvalue weighted by Gasteiger charge is 2.58. The van der Waals surface area contributed by atoms with Gasteiger partial charge in [0.2, 0.25) is 5.91 Å². The van der Waals surface area contributed by atoms with Crippen molar-refractivity contribution in [3.63, 3.8) is 0 Å². The predicted molar refractivity (Wildman–Crippen MR) is 199 cm³/mol. The first-order valence-corrected chi connectivity index (χ1v) is 20.3. The van der Waals surface area contributed by atoms with Crippen molar-refractivity contribution in [1.29, 1.82) is 0 Å². The van der Waals surface area contributed by atoms with Crippen molar-refractivity contribution in [2.45, 2.75) is 148 Å². The number of benzene rings is 1. The SMILES string of the molecule is CC1=C2C[C@H]3[C@@H](CC=C4CC(=O)CC[C@@]43C)[C@@H]2CC[C@@]12CC1[C@@H](C[C@H](C)CN1CCCC(=O)CCCCCNC(=O)CCc1ccccc1)O2. The highest BCUT2D eigenvalue weighted by atomic mass is 16.5. The maximum Gasteiger partial charge on any atom is 0.220 e. The van der Waals surface area contributed by atoms with E-state index in [9.17, 15) is 14.4 Å². The number of aryl methyl sites for hydroxylation is 1. The fourth-order valence-corrected chi connectivity index (χ4v) is 11.4. The minimum Gasteiger partial charge on any atom is -0.366 e. The van der Waals surface area contributed by atoms with Crippen molar-refractivity contribution in [3.8, 4) is 0 Å².